The molecule has 5 nitrogen and oxygen atoms in total. The van der Waals surface area contributed by atoms with Gasteiger partial charge in [0.15, 0.2) is 0 Å². The highest BCUT2D eigenvalue weighted by Crippen LogP contribution is 2.20. The van der Waals surface area contributed by atoms with Gasteiger partial charge in [0, 0.05) is 24.5 Å². The first-order chi connectivity index (χ1) is 14.0. The van der Waals surface area contributed by atoms with Gasteiger partial charge < -0.3 is 15.0 Å². The molecule has 2 aromatic carbocycles. The van der Waals surface area contributed by atoms with E-state index in [1.54, 1.807) is 12.0 Å². The topological polar surface area (TPSA) is 58.6 Å². The molecule has 156 valence electrons. The lowest BCUT2D eigenvalue weighted by molar-refractivity contribution is -0.141. The lowest BCUT2D eigenvalue weighted by Crippen LogP contribution is -2.49. The average Bonchev–Trinajstić information content (AvgIpc) is 2.73. The van der Waals surface area contributed by atoms with E-state index in [1.807, 2.05) is 62.4 Å². The van der Waals surface area contributed by atoms with Crippen LogP contribution in [-0.4, -0.2) is 36.4 Å². The number of nitrogens with one attached hydrogen (secondary N) is 1. The molecule has 0 unspecified atom stereocenters. The first-order valence-corrected chi connectivity index (χ1v) is 10.3. The van der Waals surface area contributed by atoms with Crippen molar-refractivity contribution in [3.63, 3.8) is 0 Å². The fraction of sp³-hybridized carbons (Fsp3) is 0.391. The van der Waals surface area contributed by atoms with Crippen LogP contribution in [0.2, 0.25) is 5.02 Å². The van der Waals surface area contributed by atoms with Crippen molar-refractivity contribution < 1.29 is 14.3 Å². The van der Waals surface area contributed by atoms with E-state index < -0.39 is 6.04 Å². The number of methoxy groups -OCH3 is 1. The van der Waals surface area contributed by atoms with Gasteiger partial charge in [0.2, 0.25) is 11.8 Å². The highest BCUT2D eigenvalue weighted by Gasteiger charge is 2.28. The number of amides is 2. The molecule has 0 aliphatic carbocycles. The Morgan fingerprint density at radius 1 is 1.14 bits per heavy atom. The van der Waals surface area contributed by atoms with Crippen LogP contribution in [0.5, 0.6) is 5.75 Å². The number of benzene rings is 2. The van der Waals surface area contributed by atoms with Crippen LogP contribution in [0.15, 0.2) is 48.5 Å². The molecule has 1 atom stereocenters. The summed E-state index contributed by atoms with van der Waals surface area (Å²) in [6.45, 7) is 4.65. The molecular formula is C23H29ClN2O3. The monoisotopic (exact) mass is 416 g/mol. The van der Waals surface area contributed by atoms with E-state index in [-0.39, 0.29) is 18.2 Å². The van der Waals surface area contributed by atoms with E-state index in [2.05, 4.69) is 5.32 Å². The summed E-state index contributed by atoms with van der Waals surface area (Å²) in [5.74, 6) is 0.506. The lowest BCUT2D eigenvalue weighted by atomic mass is 10.1. The van der Waals surface area contributed by atoms with Crippen LogP contribution in [0, 0.1) is 0 Å². The molecule has 0 aliphatic heterocycles. The quantitative estimate of drug-likeness (QED) is 0.630. The van der Waals surface area contributed by atoms with E-state index in [0.29, 0.717) is 31.0 Å². The predicted octanol–water partition coefficient (Wildman–Crippen LogP) is 4.22. The maximum absolute atomic E-state index is 13.2. The van der Waals surface area contributed by atoms with Crippen LogP contribution in [0.4, 0.5) is 0 Å². The van der Waals surface area contributed by atoms with Crippen molar-refractivity contribution in [2.45, 2.75) is 45.7 Å². The molecule has 0 aliphatic rings. The van der Waals surface area contributed by atoms with E-state index >= 15 is 0 Å². The normalized spacial score (nSPS) is 11.6. The molecule has 0 bridgehead atoms. The van der Waals surface area contributed by atoms with Gasteiger partial charge in [0.05, 0.1) is 7.11 Å². The number of halogens is 1. The summed E-state index contributed by atoms with van der Waals surface area (Å²) in [4.78, 5) is 27.4. The van der Waals surface area contributed by atoms with Gasteiger partial charge in [-0.3, -0.25) is 9.59 Å². The Labute approximate surface area is 178 Å². The fourth-order valence-electron chi connectivity index (χ4n) is 3.27. The first kappa shape index (κ1) is 22.8. The maximum atomic E-state index is 13.2. The molecule has 0 saturated heterocycles. The van der Waals surface area contributed by atoms with Gasteiger partial charge in [-0.1, -0.05) is 48.9 Å². The van der Waals surface area contributed by atoms with Gasteiger partial charge in [-0.25, -0.2) is 0 Å². The molecule has 0 fully saturated rings. The number of likely N-dealkylation sites (N-methyl/N-ethyl adjacent to an activating group) is 1. The molecule has 0 aromatic heterocycles. The van der Waals surface area contributed by atoms with Crippen LogP contribution < -0.4 is 10.1 Å². The van der Waals surface area contributed by atoms with E-state index in [0.717, 1.165) is 16.9 Å². The second-order valence-corrected chi connectivity index (χ2v) is 7.19. The summed E-state index contributed by atoms with van der Waals surface area (Å²) < 4.78 is 5.29. The number of carbonyl (C=O) groups excluding carboxylic acids is 2. The van der Waals surface area contributed by atoms with Gasteiger partial charge >= 0.3 is 0 Å². The summed E-state index contributed by atoms with van der Waals surface area (Å²) in [6.07, 6.45) is 1.34. The number of hydrogen-bond acceptors (Lipinski definition) is 3. The molecule has 2 aromatic rings. The first-order valence-electron chi connectivity index (χ1n) is 9.93. The number of ether oxygens (including phenoxy) is 1. The lowest BCUT2D eigenvalue weighted by Gasteiger charge is -2.30. The number of nitrogens with zero attached hydrogens (tertiary/aromatic N) is 1. The van der Waals surface area contributed by atoms with Crippen LogP contribution >= 0.6 is 11.6 Å². The zero-order chi connectivity index (χ0) is 21.2. The van der Waals surface area contributed by atoms with Gasteiger partial charge in [0.25, 0.3) is 0 Å². The van der Waals surface area contributed by atoms with Crippen molar-refractivity contribution >= 4 is 23.4 Å². The Bertz CT molecular complexity index is 825. The number of rotatable bonds is 10. The van der Waals surface area contributed by atoms with E-state index in [4.69, 9.17) is 16.3 Å². The summed E-state index contributed by atoms with van der Waals surface area (Å²) in [5, 5.41) is 3.49. The van der Waals surface area contributed by atoms with Crippen molar-refractivity contribution in [2.75, 3.05) is 13.7 Å². The Kier molecular flexibility index (Phi) is 9.00. The van der Waals surface area contributed by atoms with Crippen LogP contribution in [0.25, 0.3) is 0 Å². The van der Waals surface area contributed by atoms with Crippen molar-refractivity contribution in [3.05, 3.63) is 64.7 Å². The summed E-state index contributed by atoms with van der Waals surface area (Å²) in [5.41, 5.74) is 1.84. The van der Waals surface area contributed by atoms with Crippen molar-refractivity contribution in [1.82, 2.24) is 10.2 Å². The smallest absolute Gasteiger partial charge is 0.242 e. The van der Waals surface area contributed by atoms with Crippen LogP contribution in [-0.2, 0) is 22.6 Å². The standard InChI is InChI=1S/C23H29ClN2O3/c1-4-21(23(28)25-5-2)26(16-17-9-8-11-19(15-17)29-3)22(27)14-13-18-10-6-7-12-20(18)24/h6-12,15,21H,4-5,13-14,16H2,1-3H3,(H,25,28)/t21-/m1/s1. The number of hydrogen-bond donors (Lipinski definition) is 1. The summed E-state index contributed by atoms with van der Waals surface area (Å²) in [6, 6.07) is 14.5. The van der Waals surface area contributed by atoms with Crippen molar-refractivity contribution in [3.8, 4) is 5.75 Å². The fourth-order valence-corrected chi connectivity index (χ4v) is 3.50. The zero-order valence-electron chi connectivity index (χ0n) is 17.3. The minimum atomic E-state index is -0.528. The van der Waals surface area contributed by atoms with Gasteiger partial charge in [-0.05, 0) is 49.1 Å². The van der Waals surface area contributed by atoms with Gasteiger partial charge in [-0.15, -0.1) is 0 Å². The third-order valence-corrected chi connectivity index (χ3v) is 5.16. The number of aryl methyl sites for hydroxylation is 1. The van der Waals surface area contributed by atoms with Gasteiger partial charge in [-0.2, -0.15) is 0 Å². The molecule has 2 rings (SSSR count). The SMILES string of the molecule is CCNC(=O)[C@@H](CC)N(Cc1cccc(OC)c1)C(=O)CCc1ccccc1Cl. The Hall–Kier alpha value is -2.53. The molecule has 2 amide bonds. The highest BCUT2D eigenvalue weighted by atomic mass is 35.5. The van der Waals surface area contributed by atoms with Crippen LogP contribution in [0.1, 0.15) is 37.8 Å². The highest BCUT2D eigenvalue weighted by molar-refractivity contribution is 6.31. The summed E-state index contributed by atoms with van der Waals surface area (Å²) >= 11 is 6.23. The molecule has 0 spiro atoms. The zero-order valence-corrected chi connectivity index (χ0v) is 18.0. The van der Waals surface area contributed by atoms with Crippen molar-refractivity contribution in [2.24, 2.45) is 0 Å². The van der Waals surface area contributed by atoms with E-state index in [1.165, 1.54) is 0 Å². The third-order valence-electron chi connectivity index (χ3n) is 4.79. The Morgan fingerprint density at radius 3 is 2.55 bits per heavy atom. The molecule has 0 saturated carbocycles. The largest absolute Gasteiger partial charge is 0.497 e. The van der Waals surface area contributed by atoms with E-state index in [9.17, 15) is 9.59 Å². The molecule has 0 radical (unpaired) electrons. The average molecular weight is 417 g/mol. The molecule has 0 heterocycles. The Balaban J connectivity index is 2.23. The molecular weight excluding hydrogens is 388 g/mol. The second-order valence-electron chi connectivity index (χ2n) is 6.78. The predicted molar refractivity (Wildman–Crippen MR) is 116 cm³/mol. The Morgan fingerprint density at radius 2 is 1.90 bits per heavy atom. The third kappa shape index (κ3) is 6.50. The minimum Gasteiger partial charge on any atom is -0.497 e. The number of carbonyl (C=O) groups is 2. The van der Waals surface area contributed by atoms with Gasteiger partial charge in [0.1, 0.15) is 11.8 Å². The summed E-state index contributed by atoms with van der Waals surface area (Å²) in [7, 11) is 1.61. The van der Waals surface area contributed by atoms with Crippen LogP contribution in [0.3, 0.4) is 0 Å². The van der Waals surface area contributed by atoms with Crippen molar-refractivity contribution in [1.29, 1.82) is 0 Å². The molecule has 1 N–H and O–H groups in total. The second kappa shape index (κ2) is 11.5. The minimum absolute atomic E-state index is 0.0779. The molecule has 29 heavy (non-hydrogen) atoms. The molecule has 6 heteroatoms. The maximum Gasteiger partial charge on any atom is 0.242 e.